The molecule has 1 aliphatic heterocycles. The molecule has 5 nitrogen and oxygen atoms in total. The van der Waals surface area contributed by atoms with E-state index in [-0.39, 0.29) is 17.2 Å². The van der Waals surface area contributed by atoms with Gasteiger partial charge in [0.05, 0.1) is 9.21 Å². The zero-order chi connectivity index (χ0) is 24.0. The Balaban J connectivity index is 1.36. The Morgan fingerprint density at radius 3 is 2.62 bits per heavy atom. The van der Waals surface area contributed by atoms with Gasteiger partial charge in [0.15, 0.2) is 0 Å². The maximum Gasteiger partial charge on any atom is 0.265 e. The minimum Gasteiger partial charge on any atom is -0.330 e. The second-order valence-corrected chi connectivity index (χ2v) is 11.6. The third-order valence-corrected chi connectivity index (χ3v) is 7.96. The van der Waals surface area contributed by atoms with Gasteiger partial charge in [0.2, 0.25) is 0 Å². The van der Waals surface area contributed by atoms with Crippen LogP contribution in [0.1, 0.15) is 49.6 Å². The van der Waals surface area contributed by atoms with Crippen LogP contribution in [-0.4, -0.2) is 42.3 Å². The summed E-state index contributed by atoms with van der Waals surface area (Å²) in [6, 6.07) is 15.3. The van der Waals surface area contributed by atoms with Crippen molar-refractivity contribution in [3.05, 3.63) is 85.0 Å². The van der Waals surface area contributed by atoms with E-state index in [1.54, 1.807) is 24.3 Å². The predicted molar refractivity (Wildman–Crippen MR) is 138 cm³/mol. The average Bonchev–Trinajstić information content (AvgIpc) is 3.32. The number of nitrogens with zero attached hydrogens (tertiary/aromatic N) is 2. The zero-order valence-corrected chi connectivity index (χ0v) is 21.4. The Kier molecular flexibility index (Phi) is 6.19. The minimum absolute atomic E-state index is 0.0769. The first-order valence-corrected chi connectivity index (χ1v) is 12.7. The third-order valence-electron chi connectivity index (χ3n) is 6.51. The van der Waals surface area contributed by atoms with Crippen LogP contribution >= 0.6 is 34.5 Å². The highest BCUT2D eigenvalue weighted by Gasteiger charge is 2.44. The van der Waals surface area contributed by atoms with Gasteiger partial charge in [0, 0.05) is 46.9 Å². The number of likely N-dealkylation sites (N-methyl/N-ethyl adjacent to an activating group) is 1. The summed E-state index contributed by atoms with van der Waals surface area (Å²) in [5, 5.41) is 3.33. The predicted octanol–water partition coefficient (Wildman–Crippen LogP) is 6.06. The standard InChI is InChI=1S/C26H25Cl2N3O2S/c1-30(2)15-26(8-9-26)17-5-3-4-16(10-17)13-31-14-20-19(25(31)33)11-18(27)12-21(20)29-24(32)22-6-7-23(28)34-22/h3-7,10-12H,8-9,13-15H2,1-2H3,(H,29,32). The normalized spacial score (nSPS) is 16.1. The lowest BCUT2D eigenvalue weighted by atomic mass is 9.94. The number of carbonyl (C=O) groups is 2. The van der Waals surface area contributed by atoms with Crippen molar-refractivity contribution in [1.29, 1.82) is 0 Å². The summed E-state index contributed by atoms with van der Waals surface area (Å²) in [7, 11) is 4.22. The summed E-state index contributed by atoms with van der Waals surface area (Å²) in [6.45, 7) is 1.95. The van der Waals surface area contributed by atoms with Gasteiger partial charge in [0.25, 0.3) is 11.8 Å². The number of hydrogen-bond acceptors (Lipinski definition) is 4. The van der Waals surface area contributed by atoms with E-state index in [9.17, 15) is 9.59 Å². The number of thiophene rings is 1. The van der Waals surface area contributed by atoms with Crippen molar-refractivity contribution in [3.8, 4) is 0 Å². The van der Waals surface area contributed by atoms with Crippen LogP contribution in [0.2, 0.25) is 9.36 Å². The molecule has 0 saturated heterocycles. The highest BCUT2D eigenvalue weighted by Crippen LogP contribution is 2.48. The lowest BCUT2D eigenvalue weighted by Gasteiger charge is -2.22. The molecular formula is C26H25Cl2N3O2S. The van der Waals surface area contributed by atoms with Crippen LogP contribution in [-0.2, 0) is 18.5 Å². The van der Waals surface area contributed by atoms with Crippen LogP contribution in [0.3, 0.4) is 0 Å². The van der Waals surface area contributed by atoms with Crippen LogP contribution in [0.5, 0.6) is 0 Å². The maximum atomic E-state index is 13.2. The molecule has 0 atom stereocenters. The van der Waals surface area contributed by atoms with E-state index in [0.717, 1.165) is 17.7 Å². The summed E-state index contributed by atoms with van der Waals surface area (Å²) in [4.78, 5) is 30.5. The summed E-state index contributed by atoms with van der Waals surface area (Å²) in [5.41, 5.74) is 4.56. The topological polar surface area (TPSA) is 52.6 Å². The first-order valence-electron chi connectivity index (χ1n) is 11.2. The van der Waals surface area contributed by atoms with Crippen molar-refractivity contribution in [2.45, 2.75) is 31.3 Å². The van der Waals surface area contributed by atoms with Gasteiger partial charge in [-0.15, -0.1) is 11.3 Å². The maximum absolute atomic E-state index is 13.2. The Labute approximate surface area is 213 Å². The number of halogens is 2. The largest absolute Gasteiger partial charge is 0.330 e. The van der Waals surface area contributed by atoms with Crippen molar-refractivity contribution >= 4 is 52.0 Å². The number of hydrogen-bond donors (Lipinski definition) is 1. The van der Waals surface area contributed by atoms with E-state index in [2.05, 4.69) is 48.6 Å². The van der Waals surface area contributed by atoms with Crippen molar-refractivity contribution in [1.82, 2.24) is 9.80 Å². The number of nitrogens with one attached hydrogen (secondary N) is 1. The molecule has 1 aliphatic carbocycles. The molecule has 2 aromatic carbocycles. The molecule has 2 heterocycles. The fraction of sp³-hybridized carbons (Fsp3) is 0.308. The van der Waals surface area contributed by atoms with Crippen molar-refractivity contribution in [2.24, 2.45) is 0 Å². The average molecular weight is 514 g/mol. The van der Waals surface area contributed by atoms with Gasteiger partial charge in [-0.1, -0.05) is 47.5 Å². The van der Waals surface area contributed by atoms with E-state index in [0.29, 0.717) is 38.6 Å². The van der Waals surface area contributed by atoms with Gasteiger partial charge < -0.3 is 15.1 Å². The van der Waals surface area contributed by atoms with Gasteiger partial charge in [0.1, 0.15) is 0 Å². The van der Waals surface area contributed by atoms with E-state index in [4.69, 9.17) is 23.2 Å². The quantitative estimate of drug-likeness (QED) is 0.417. The van der Waals surface area contributed by atoms with Crippen LogP contribution in [0.15, 0.2) is 48.5 Å². The van der Waals surface area contributed by atoms with Gasteiger partial charge >= 0.3 is 0 Å². The van der Waals surface area contributed by atoms with Crippen molar-refractivity contribution < 1.29 is 9.59 Å². The lowest BCUT2D eigenvalue weighted by Crippen LogP contribution is -2.26. The van der Waals surface area contributed by atoms with Crippen LogP contribution in [0, 0.1) is 0 Å². The van der Waals surface area contributed by atoms with E-state index < -0.39 is 0 Å². The van der Waals surface area contributed by atoms with Gasteiger partial charge in [-0.25, -0.2) is 0 Å². The number of benzene rings is 2. The highest BCUT2D eigenvalue weighted by atomic mass is 35.5. The number of carbonyl (C=O) groups excluding carboxylic acids is 2. The number of rotatable bonds is 7. The van der Waals surface area contributed by atoms with Gasteiger partial charge in [-0.2, -0.15) is 0 Å². The molecule has 2 aliphatic rings. The Hall–Kier alpha value is -2.38. The third kappa shape index (κ3) is 4.60. The fourth-order valence-corrected chi connectivity index (χ4v) is 5.96. The SMILES string of the molecule is CN(C)CC1(c2cccc(CN3Cc4c(NC(=O)c5ccc(Cl)s5)cc(Cl)cc4C3=O)c2)CC1. The van der Waals surface area contributed by atoms with E-state index in [1.165, 1.54) is 29.7 Å². The van der Waals surface area contributed by atoms with E-state index >= 15 is 0 Å². The molecule has 2 amide bonds. The molecule has 1 fully saturated rings. The molecule has 0 bridgehead atoms. The van der Waals surface area contributed by atoms with Crippen LogP contribution < -0.4 is 5.32 Å². The fourth-order valence-electron chi connectivity index (χ4n) is 4.80. The van der Waals surface area contributed by atoms with Crippen LogP contribution in [0.4, 0.5) is 5.69 Å². The molecule has 3 aromatic rings. The molecule has 1 N–H and O–H groups in total. The molecular weight excluding hydrogens is 489 g/mol. The van der Waals surface area contributed by atoms with Crippen molar-refractivity contribution in [3.63, 3.8) is 0 Å². The number of anilines is 1. The molecule has 0 spiro atoms. The summed E-state index contributed by atoms with van der Waals surface area (Å²) in [5.74, 6) is -0.345. The second kappa shape index (κ2) is 9.00. The van der Waals surface area contributed by atoms with Gasteiger partial charge in [-0.05, 0) is 62.3 Å². The van der Waals surface area contributed by atoms with Crippen molar-refractivity contribution in [2.75, 3.05) is 26.0 Å². The first kappa shape index (κ1) is 23.4. The highest BCUT2D eigenvalue weighted by molar-refractivity contribution is 7.18. The zero-order valence-electron chi connectivity index (χ0n) is 19.0. The van der Waals surface area contributed by atoms with E-state index in [1.807, 2.05) is 4.90 Å². The monoisotopic (exact) mass is 513 g/mol. The van der Waals surface area contributed by atoms with Crippen LogP contribution in [0.25, 0.3) is 0 Å². The first-order chi connectivity index (χ1) is 16.2. The molecule has 1 saturated carbocycles. The molecule has 0 unspecified atom stereocenters. The second-order valence-electron chi connectivity index (χ2n) is 9.42. The molecule has 5 rings (SSSR count). The van der Waals surface area contributed by atoms with Gasteiger partial charge in [-0.3, -0.25) is 9.59 Å². The Morgan fingerprint density at radius 2 is 1.94 bits per heavy atom. The Bertz CT molecular complexity index is 1280. The molecule has 176 valence electrons. The number of amides is 2. The Morgan fingerprint density at radius 1 is 1.15 bits per heavy atom. The molecule has 8 heteroatoms. The molecule has 1 aromatic heterocycles. The summed E-state index contributed by atoms with van der Waals surface area (Å²) in [6.07, 6.45) is 2.39. The minimum atomic E-state index is -0.268. The summed E-state index contributed by atoms with van der Waals surface area (Å²) < 4.78 is 0.545. The smallest absolute Gasteiger partial charge is 0.265 e. The molecule has 0 radical (unpaired) electrons. The summed E-state index contributed by atoms with van der Waals surface area (Å²) >= 11 is 13.5. The lowest BCUT2D eigenvalue weighted by molar-refractivity contribution is 0.0766. The number of fused-ring (bicyclic) bond motifs is 1. The molecule has 34 heavy (non-hydrogen) atoms.